The summed E-state index contributed by atoms with van der Waals surface area (Å²) in [7, 11) is 1.58. The molecule has 0 radical (unpaired) electrons. The molecule has 0 spiro atoms. The van der Waals surface area contributed by atoms with E-state index >= 15 is 0 Å². The quantitative estimate of drug-likeness (QED) is 0.762. The minimum atomic E-state index is -0.625. The van der Waals surface area contributed by atoms with Crippen LogP contribution >= 0.6 is 0 Å². The highest BCUT2D eigenvalue weighted by molar-refractivity contribution is 5.95. The normalized spacial score (nSPS) is 20.9. The molecule has 2 saturated heterocycles. The van der Waals surface area contributed by atoms with E-state index in [0.717, 1.165) is 0 Å². The summed E-state index contributed by atoms with van der Waals surface area (Å²) in [5.74, 6) is -0.516. The Morgan fingerprint density at radius 2 is 1.96 bits per heavy atom. The third-order valence-electron chi connectivity index (χ3n) is 4.26. The summed E-state index contributed by atoms with van der Waals surface area (Å²) in [5, 5.41) is 0. The summed E-state index contributed by atoms with van der Waals surface area (Å²) < 4.78 is 18.2. The molecule has 2 fully saturated rings. The van der Waals surface area contributed by atoms with Crippen LogP contribution in [-0.2, 0) is 14.4 Å². The fraction of sp³-hybridized carbons (Fsp3) is 0.438. The molecule has 3 rings (SSSR count). The molecule has 128 valence electrons. The van der Waals surface area contributed by atoms with Crippen LogP contribution in [0.5, 0.6) is 5.75 Å². The van der Waals surface area contributed by atoms with E-state index in [1.54, 1.807) is 7.05 Å². The van der Waals surface area contributed by atoms with Crippen molar-refractivity contribution < 1.29 is 23.5 Å². The maximum Gasteiger partial charge on any atom is 0.260 e. The topological polar surface area (TPSA) is 70.2 Å². The summed E-state index contributed by atoms with van der Waals surface area (Å²) in [6, 6.07) is 4.76. The van der Waals surface area contributed by atoms with Crippen LogP contribution < -0.4 is 4.74 Å². The first-order chi connectivity index (χ1) is 11.5. The highest BCUT2D eigenvalue weighted by atomic mass is 19.1. The lowest BCUT2D eigenvalue weighted by Gasteiger charge is -2.45. The zero-order chi connectivity index (χ0) is 17.3. The van der Waals surface area contributed by atoms with Crippen molar-refractivity contribution in [2.75, 3.05) is 39.8 Å². The average Bonchev–Trinajstić information content (AvgIpc) is 2.58. The zero-order valence-corrected chi connectivity index (χ0v) is 13.3. The number of rotatable bonds is 3. The average molecular weight is 335 g/mol. The number of halogens is 1. The molecule has 3 amide bonds. The minimum Gasteiger partial charge on any atom is -0.484 e. The zero-order valence-electron chi connectivity index (χ0n) is 13.3. The highest BCUT2D eigenvalue weighted by Crippen LogP contribution is 2.18. The van der Waals surface area contributed by atoms with Crippen LogP contribution in [0.2, 0.25) is 0 Å². The van der Waals surface area contributed by atoms with Crippen LogP contribution in [0.15, 0.2) is 24.3 Å². The SMILES string of the molecule is CN1CC(=O)N2CCN(C(=O)COc3ccc(F)cc3)CC2C1=O. The van der Waals surface area contributed by atoms with E-state index in [0.29, 0.717) is 18.8 Å². The molecule has 24 heavy (non-hydrogen) atoms. The molecule has 0 aromatic heterocycles. The lowest BCUT2D eigenvalue weighted by molar-refractivity contribution is -0.160. The summed E-state index contributed by atoms with van der Waals surface area (Å²) in [6.45, 7) is 0.754. The number of nitrogens with zero attached hydrogens (tertiary/aromatic N) is 3. The molecule has 1 unspecified atom stereocenters. The van der Waals surface area contributed by atoms with Crippen LogP contribution in [0.25, 0.3) is 0 Å². The summed E-state index contributed by atoms with van der Waals surface area (Å²) in [5.41, 5.74) is 0. The molecule has 0 N–H and O–H groups in total. The molecule has 0 bridgehead atoms. The number of likely N-dealkylation sites (N-methyl/N-ethyl adjacent to an activating group) is 1. The summed E-state index contributed by atoms with van der Waals surface area (Å²) >= 11 is 0. The van der Waals surface area contributed by atoms with E-state index in [4.69, 9.17) is 4.74 Å². The van der Waals surface area contributed by atoms with Crippen molar-refractivity contribution in [1.29, 1.82) is 0 Å². The minimum absolute atomic E-state index is 0.0803. The second kappa shape index (κ2) is 6.46. The predicted octanol–water partition coefficient (Wildman–Crippen LogP) is -0.284. The van der Waals surface area contributed by atoms with E-state index in [1.165, 1.54) is 39.0 Å². The fourth-order valence-corrected chi connectivity index (χ4v) is 2.91. The highest BCUT2D eigenvalue weighted by Gasteiger charge is 2.42. The van der Waals surface area contributed by atoms with Gasteiger partial charge in [0.1, 0.15) is 17.6 Å². The molecule has 2 aliphatic rings. The van der Waals surface area contributed by atoms with Gasteiger partial charge in [0.25, 0.3) is 5.91 Å². The van der Waals surface area contributed by atoms with Crippen molar-refractivity contribution in [3.05, 3.63) is 30.1 Å². The Hall–Kier alpha value is -2.64. The maximum atomic E-state index is 12.8. The second-order valence-electron chi connectivity index (χ2n) is 5.88. The number of hydrogen-bond acceptors (Lipinski definition) is 4. The molecule has 0 saturated carbocycles. The number of benzene rings is 1. The van der Waals surface area contributed by atoms with Crippen LogP contribution in [0, 0.1) is 5.82 Å². The predicted molar refractivity (Wildman–Crippen MR) is 81.6 cm³/mol. The van der Waals surface area contributed by atoms with Crippen LogP contribution in [0.1, 0.15) is 0 Å². The first-order valence-corrected chi connectivity index (χ1v) is 7.66. The molecule has 0 aliphatic carbocycles. The Morgan fingerprint density at radius 1 is 1.25 bits per heavy atom. The molecule has 2 aliphatic heterocycles. The van der Waals surface area contributed by atoms with E-state index in [2.05, 4.69) is 0 Å². The van der Waals surface area contributed by atoms with Crippen molar-refractivity contribution >= 4 is 17.7 Å². The van der Waals surface area contributed by atoms with Gasteiger partial charge in [0, 0.05) is 20.1 Å². The lowest BCUT2D eigenvalue weighted by atomic mass is 10.1. The van der Waals surface area contributed by atoms with Crippen LogP contribution in [0.4, 0.5) is 4.39 Å². The molecule has 1 aromatic rings. The van der Waals surface area contributed by atoms with Gasteiger partial charge < -0.3 is 19.4 Å². The van der Waals surface area contributed by atoms with Gasteiger partial charge >= 0.3 is 0 Å². The molecule has 8 heteroatoms. The van der Waals surface area contributed by atoms with Gasteiger partial charge in [-0.05, 0) is 24.3 Å². The van der Waals surface area contributed by atoms with Crippen LogP contribution in [-0.4, -0.2) is 78.3 Å². The number of hydrogen-bond donors (Lipinski definition) is 0. The molecule has 1 aromatic carbocycles. The Labute approximate surface area is 138 Å². The number of ether oxygens (including phenoxy) is 1. The van der Waals surface area contributed by atoms with Gasteiger partial charge in [0.15, 0.2) is 6.61 Å². The number of carbonyl (C=O) groups excluding carboxylic acids is 3. The van der Waals surface area contributed by atoms with E-state index < -0.39 is 6.04 Å². The first-order valence-electron chi connectivity index (χ1n) is 7.66. The van der Waals surface area contributed by atoms with Gasteiger partial charge in [-0.25, -0.2) is 4.39 Å². The van der Waals surface area contributed by atoms with Crippen molar-refractivity contribution in [3.63, 3.8) is 0 Å². The standard InChI is InChI=1S/C16H18FN3O4/c1-18-9-14(21)20-7-6-19(8-13(20)16(18)23)15(22)10-24-12-4-2-11(17)3-5-12/h2-5,13H,6-10H2,1H3. The summed E-state index contributed by atoms with van der Waals surface area (Å²) in [4.78, 5) is 40.9. The lowest BCUT2D eigenvalue weighted by Crippen LogP contribution is -2.67. The molecule has 7 nitrogen and oxygen atoms in total. The van der Waals surface area contributed by atoms with Crippen molar-refractivity contribution in [3.8, 4) is 5.75 Å². The second-order valence-corrected chi connectivity index (χ2v) is 5.88. The summed E-state index contributed by atoms with van der Waals surface area (Å²) in [6.07, 6.45) is 0. The Morgan fingerprint density at radius 3 is 2.67 bits per heavy atom. The van der Waals surface area contributed by atoms with Gasteiger partial charge in [-0.1, -0.05) is 0 Å². The maximum absolute atomic E-state index is 12.8. The molecular weight excluding hydrogens is 317 g/mol. The van der Waals surface area contributed by atoms with Crippen LogP contribution in [0.3, 0.4) is 0 Å². The number of amides is 3. The Balaban J connectivity index is 1.59. The third kappa shape index (κ3) is 3.17. The van der Waals surface area contributed by atoms with Gasteiger partial charge in [0.2, 0.25) is 11.8 Å². The van der Waals surface area contributed by atoms with Gasteiger partial charge in [-0.2, -0.15) is 0 Å². The smallest absolute Gasteiger partial charge is 0.260 e. The van der Waals surface area contributed by atoms with Crippen molar-refractivity contribution in [1.82, 2.24) is 14.7 Å². The van der Waals surface area contributed by atoms with Crippen molar-refractivity contribution in [2.24, 2.45) is 0 Å². The van der Waals surface area contributed by atoms with Gasteiger partial charge in [0.05, 0.1) is 13.1 Å². The molecule has 2 heterocycles. The van der Waals surface area contributed by atoms with E-state index in [9.17, 15) is 18.8 Å². The van der Waals surface area contributed by atoms with Crippen molar-refractivity contribution in [2.45, 2.75) is 6.04 Å². The van der Waals surface area contributed by atoms with Gasteiger partial charge in [-0.3, -0.25) is 14.4 Å². The first kappa shape index (κ1) is 16.2. The van der Waals surface area contributed by atoms with E-state index in [1.807, 2.05) is 0 Å². The molecule has 1 atom stereocenters. The number of fused-ring (bicyclic) bond motifs is 1. The number of carbonyl (C=O) groups is 3. The van der Waals surface area contributed by atoms with Gasteiger partial charge in [-0.15, -0.1) is 0 Å². The number of piperazine rings is 2. The monoisotopic (exact) mass is 335 g/mol. The molecular formula is C16H18FN3O4. The van der Waals surface area contributed by atoms with E-state index in [-0.39, 0.29) is 43.2 Å². The Kier molecular flexibility index (Phi) is 4.37. The largest absolute Gasteiger partial charge is 0.484 e. The Bertz CT molecular complexity index is 664. The third-order valence-corrected chi connectivity index (χ3v) is 4.26. The fourth-order valence-electron chi connectivity index (χ4n) is 2.91.